The molecule has 0 atom stereocenters. The van der Waals surface area contributed by atoms with E-state index < -0.39 is 0 Å². The van der Waals surface area contributed by atoms with Gasteiger partial charge in [-0.15, -0.1) is 0 Å². The van der Waals surface area contributed by atoms with Gasteiger partial charge in [0.25, 0.3) is 5.91 Å². The minimum absolute atomic E-state index is 0.0484. The van der Waals surface area contributed by atoms with Gasteiger partial charge in [0.05, 0.1) is 12.3 Å². The van der Waals surface area contributed by atoms with Crippen LogP contribution in [0.5, 0.6) is 11.5 Å². The molecule has 0 heterocycles. The molecule has 0 bridgehead atoms. The topological polar surface area (TPSA) is 58.6 Å². The lowest BCUT2D eigenvalue weighted by Gasteiger charge is -2.20. The number of nitrogens with one attached hydrogen (secondary N) is 1. The third-order valence-electron chi connectivity index (χ3n) is 3.52. The first kappa shape index (κ1) is 16.9. The lowest BCUT2D eigenvalue weighted by Crippen LogP contribution is -2.15. The van der Waals surface area contributed by atoms with Gasteiger partial charge < -0.3 is 15.2 Å². The standard InChI is InChI=1S/C19H23NO3/c1-5-23-15-8-6-7-13(11-15)18(22)20-16-12-14(19(2,3)4)9-10-17(16)21/h6-12,21H,5H2,1-4H3,(H,20,22). The number of amides is 1. The molecule has 2 aromatic rings. The molecule has 2 N–H and O–H groups in total. The maximum Gasteiger partial charge on any atom is 0.255 e. The van der Waals surface area contributed by atoms with Gasteiger partial charge in [-0.3, -0.25) is 4.79 Å². The molecule has 4 heteroatoms. The van der Waals surface area contributed by atoms with Crippen molar-refractivity contribution < 1.29 is 14.6 Å². The number of aromatic hydroxyl groups is 1. The van der Waals surface area contributed by atoms with Crippen molar-refractivity contribution in [2.75, 3.05) is 11.9 Å². The maximum atomic E-state index is 12.4. The van der Waals surface area contributed by atoms with Gasteiger partial charge in [-0.2, -0.15) is 0 Å². The lowest BCUT2D eigenvalue weighted by molar-refractivity contribution is 0.102. The molecule has 122 valence electrons. The minimum Gasteiger partial charge on any atom is -0.506 e. The fraction of sp³-hybridized carbons (Fsp3) is 0.316. The molecule has 0 aliphatic heterocycles. The molecule has 0 saturated carbocycles. The average Bonchev–Trinajstić information content (AvgIpc) is 2.49. The number of hydrogen-bond donors (Lipinski definition) is 2. The molecule has 0 unspecified atom stereocenters. The van der Waals surface area contributed by atoms with Gasteiger partial charge in [0.1, 0.15) is 11.5 Å². The Labute approximate surface area is 137 Å². The normalized spacial score (nSPS) is 11.1. The van der Waals surface area contributed by atoms with Crippen LogP contribution in [-0.2, 0) is 5.41 Å². The number of hydrogen-bond acceptors (Lipinski definition) is 3. The summed E-state index contributed by atoms with van der Waals surface area (Å²) in [5, 5.41) is 12.8. The molecule has 2 rings (SSSR count). The first-order valence-electron chi connectivity index (χ1n) is 7.69. The molecule has 0 radical (unpaired) electrons. The van der Waals surface area contributed by atoms with Crippen molar-refractivity contribution in [3.05, 3.63) is 53.6 Å². The summed E-state index contributed by atoms with van der Waals surface area (Å²) in [5.41, 5.74) is 1.86. The van der Waals surface area contributed by atoms with Crippen molar-refractivity contribution in [2.45, 2.75) is 33.1 Å². The minimum atomic E-state index is -0.284. The van der Waals surface area contributed by atoms with Crippen LogP contribution >= 0.6 is 0 Å². The van der Waals surface area contributed by atoms with Crippen molar-refractivity contribution in [1.82, 2.24) is 0 Å². The van der Waals surface area contributed by atoms with E-state index in [-0.39, 0.29) is 17.1 Å². The number of carbonyl (C=O) groups is 1. The number of phenols is 1. The molecule has 4 nitrogen and oxygen atoms in total. The Morgan fingerprint density at radius 1 is 1.17 bits per heavy atom. The average molecular weight is 313 g/mol. The van der Waals surface area contributed by atoms with Crippen molar-refractivity contribution in [3.63, 3.8) is 0 Å². The van der Waals surface area contributed by atoms with Crippen LogP contribution in [0.3, 0.4) is 0 Å². The van der Waals surface area contributed by atoms with Crippen LogP contribution in [0.25, 0.3) is 0 Å². The van der Waals surface area contributed by atoms with Crippen molar-refractivity contribution in [1.29, 1.82) is 0 Å². The Morgan fingerprint density at radius 2 is 1.91 bits per heavy atom. The van der Waals surface area contributed by atoms with E-state index in [9.17, 15) is 9.90 Å². The van der Waals surface area contributed by atoms with Crippen LogP contribution in [-0.4, -0.2) is 17.6 Å². The van der Waals surface area contributed by atoms with Crippen LogP contribution in [0.1, 0.15) is 43.6 Å². The van der Waals surface area contributed by atoms with Gasteiger partial charge >= 0.3 is 0 Å². The zero-order chi connectivity index (χ0) is 17.0. The molecular weight excluding hydrogens is 290 g/mol. The van der Waals surface area contributed by atoms with Crippen LogP contribution in [0.15, 0.2) is 42.5 Å². The summed E-state index contributed by atoms with van der Waals surface area (Å²) in [6, 6.07) is 12.2. The van der Waals surface area contributed by atoms with Crippen LogP contribution in [0.4, 0.5) is 5.69 Å². The van der Waals surface area contributed by atoms with Gasteiger partial charge in [-0.25, -0.2) is 0 Å². The largest absolute Gasteiger partial charge is 0.506 e. The van der Waals surface area contributed by atoms with Crippen LogP contribution in [0, 0.1) is 0 Å². The molecule has 0 aliphatic carbocycles. The number of carbonyl (C=O) groups excluding carboxylic acids is 1. The molecule has 23 heavy (non-hydrogen) atoms. The monoisotopic (exact) mass is 313 g/mol. The highest BCUT2D eigenvalue weighted by Gasteiger charge is 2.17. The molecular formula is C19H23NO3. The summed E-state index contributed by atoms with van der Waals surface area (Å²) in [6.45, 7) is 8.67. The second-order valence-corrected chi connectivity index (χ2v) is 6.40. The number of rotatable bonds is 4. The molecule has 0 fully saturated rings. The Bertz CT molecular complexity index is 702. The first-order valence-corrected chi connectivity index (χ1v) is 7.69. The molecule has 0 aromatic heterocycles. The summed E-state index contributed by atoms with van der Waals surface area (Å²) in [4.78, 5) is 12.4. The maximum absolute atomic E-state index is 12.4. The van der Waals surface area contributed by atoms with E-state index in [0.717, 1.165) is 5.56 Å². The SMILES string of the molecule is CCOc1cccc(C(=O)Nc2cc(C(C)(C)C)ccc2O)c1. The Morgan fingerprint density at radius 3 is 2.57 bits per heavy atom. The van der Waals surface area contributed by atoms with E-state index in [1.54, 1.807) is 36.4 Å². The fourth-order valence-corrected chi connectivity index (χ4v) is 2.19. The Hall–Kier alpha value is -2.49. The highest BCUT2D eigenvalue weighted by atomic mass is 16.5. The van der Waals surface area contributed by atoms with Crippen LogP contribution in [0.2, 0.25) is 0 Å². The summed E-state index contributed by atoms with van der Waals surface area (Å²) >= 11 is 0. The van der Waals surface area contributed by atoms with E-state index in [0.29, 0.717) is 23.6 Å². The summed E-state index contributed by atoms with van der Waals surface area (Å²) in [5.74, 6) is 0.410. The summed E-state index contributed by atoms with van der Waals surface area (Å²) in [7, 11) is 0. The zero-order valence-electron chi connectivity index (χ0n) is 14.0. The smallest absolute Gasteiger partial charge is 0.255 e. The van der Waals surface area contributed by atoms with E-state index in [1.807, 2.05) is 13.0 Å². The Balaban J connectivity index is 2.25. The number of anilines is 1. The van der Waals surface area contributed by atoms with E-state index in [1.165, 1.54) is 0 Å². The molecule has 1 amide bonds. The fourth-order valence-electron chi connectivity index (χ4n) is 2.19. The third kappa shape index (κ3) is 4.25. The number of phenolic OH excluding ortho intramolecular Hbond substituents is 1. The highest BCUT2D eigenvalue weighted by Crippen LogP contribution is 2.31. The zero-order valence-corrected chi connectivity index (χ0v) is 14.0. The van der Waals surface area contributed by atoms with E-state index in [4.69, 9.17) is 4.74 Å². The van der Waals surface area contributed by atoms with Gasteiger partial charge in [-0.05, 0) is 48.2 Å². The third-order valence-corrected chi connectivity index (χ3v) is 3.52. The van der Waals surface area contributed by atoms with Gasteiger partial charge in [0, 0.05) is 5.56 Å². The predicted octanol–water partition coefficient (Wildman–Crippen LogP) is 4.34. The second kappa shape index (κ2) is 6.73. The summed E-state index contributed by atoms with van der Waals surface area (Å²) in [6.07, 6.45) is 0. The van der Waals surface area contributed by atoms with Crippen molar-refractivity contribution in [3.8, 4) is 11.5 Å². The number of ether oxygens (including phenoxy) is 1. The van der Waals surface area contributed by atoms with Gasteiger partial charge in [0.2, 0.25) is 0 Å². The molecule has 0 spiro atoms. The van der Waals surface area contributed by atoms with Crippen molar-refractivity contribution >= 4 is 11.6 Å². The predicted molar refractivity (Wildman–Crippen MR) is 92.4 cm³/mol. The lowest BCUT2D eigenvalue weighted by atomic mass is 9.87. The quantitative estimate of drug-likeness (QED) is 0.825. The van der Waals surface area contributed by atoms with Crippen LogP contribution < -0.4 is 10.1 Å². The summed E-state index contributed by atoms with van der Waals surface area (Å²) < 4.78 is 5.41. The second-order valence-electron chi connectivity index (χ2n) is 6.40. The molecule has 0 saturated heterocycles. The first-order chi connectivity index (χ1) is 10.8. The Kier molecular flexibility index (Phi) is 4.94. The highest BCUT2D eigenvalue weighted by molar-refractivity contribution is 6.05. The van der Waals surface area contributed by atoms with Gasteiger partial charge in [-0.1, -0.05) is 32.9 Å². The van der Waals surface area contributed by atoms with E-state index in [2.05, 4.69) is 26.1 Å². The number of benzene rings is 2. The van der Waals surface area contributed by atoms with Crippen molar-refractivity contribution in [2.24, 2.45) is 0 Å². The van der Waals surface area contributed by atoms with E-state index >= 15 is 0 Å². The van der Waals surface area contributed by atoms with Gasteiger partial charge in [0.15, 0.2) is 0 Å². The molecule has 0 aliphatic rings. The molecule has 2 aromatic carbocycles.